The number of amides is 1. The number of hydrogen-bond acceptors (Lipinski definition) is 4. The topological polar surface area (TPSA) is 59.9 Å². The maximum Gasteiger partial charge on any atom is 0.416 e. The maximum atomic E-state index is 12.8. The number of rotatable bonds is 8. The number of alkyl halides is 3. The number of hydrazone groups is 1. The van der Waals surface area contributed by atoms with Gasteiger partial charge in [0.05, 0.1) is 22.0 Å². The Hall–Kier alpha value is -2.56. The summed E-state index contributed by atoms with van der Waals surface area (Å²) in [7, 11) is 0. The Bertz CT molecular complexity index is 914. The Morgan fingerprint density at radius 1 is 1.28 bits per heavy atom. The predicted molar refractivity (Wildman–Crippen MR) is 113 cm³/mol. The average molecular weight is 518 g/mol. The lowest BCUT2D eigenvalue weighted by molar-refractivity contribution is -0.137. The van der Waals surface area contributed by atoms with Crippen molar-refractivity contribution in [2.24, 2.45) is 5.10 Å². The zero-order valence-electron chi connectivity index (χ0n) is 15.4. The molecular formula is C20H18F3IN2O3. The van der Waals surface area contributed by atoms with Gasteiger partial charge in [0.25, 0.3) is 5.91 Å². The van der Waals surface area contributed by atoms with Crippen molar-refractivity contribution >= 4 is 34.7 Å². The molecule has 0 aliphatic heterocycles. The number of nitrogens with one attached hydrogen (secondary N) is 1. The minimum Gasteiger partial charge on any atom is -0.490 e. The van der Waals surface area contributed by atoms with Gasteiger partial charge in [-0.05, 0) is 65.4 Å². The summed E-state index contributed by atoms with van der Waals surface area (Å²) < 4.78 is 50.2. The number of halogens is 4. The molecule has 1 N–H and O–H groups in total. The molecule has 0 aromatic heterocycles. The van der Waals surface area contributed by atoms with Gasteiger partial charge in [-0.1, -0.05) is 18.7 Å². The highest BCUT2D eigenvalue weighted by Crippen LogP contribution is 2.34. The van der Waals surface area contributed by atoms with Crippen LogP contribution in [0.3, 0.4) is 0 Å². The van der Waals surface area contributed by atoms with Crippen molar-refractivity contribution in [3.05, 3.63) is 69.3 Å². The summed E-state index contributed by atoms with van der Waals surface area (Å²) in [6.07, 6.45) is -1.54. The van der Waals surface area contributed by atoms with Crippen LogP contribution in [-0.2, 0) is 6.18 Å². The number of hydrogen-bond donors (Lipinski definition) is 1. The van der Waals surface area contributed by atoms with E-state index in [9.17, 15) is 18.0 Å². The lowest BCUT2D eigenvalue weighted by Crippen LogP contribution is -2.18. The first-order valence-electron chi connectivity index (χ1n) is 8.47. The molecule has 0 bridgehead atoms. The third kappa shape index (κ3) is 6.48. The number of carbonyl (C=O) groups is 1. The molecule has 0 heterocycles. The van der Waals surface area contributed by atoms with Crippen LogP contribution in [0.15, 0.2) is 54.2 Å². The molecule has 29 heavy (non-hydrogen) atoms. The van der Waals surface area contributed by atoms with Gasteiger partial charge in [-0.3, -0.25) is 4.79 Å². The van der Waals surface area contributed by atoms with E-state index in [0.717, 1.165) is 15.7 Å². The van der Waals surface area contributed by atoms with E-state index < -0.39 is 17.6 Å². The molecule has 0 saturated carbocycles. The maximum absolute atomic E-state index is 12.8. The van der Waals surface area contributed by atoms with Crippen LogP contribution in [0.5, 0.6) is 11.5 Å². The highest BCUT2D eigenvalue weighted by molar-refractivity contribution is 14.1. The predicted octanol–water partition coefficient (Wildman–Crippen LogP) is 5.04. The SMILES string of the molecule is C=CCOc1c(I)cc(/C=N\NC(=O)c2cccc(C(F)(F)F)c2)cc1OCC. The van der Waals surface area contributed by atoms with Gasteiger partial charge in [-0.25, -0.2) is 5.43 Å². The lowest BCUT2D eigenvalue weighted by atomic mass is 10.1. The minimum absolute atomic E-state index is 0.144. The second-order valence-corrected chi connectivity index (χ2v) is 6.80. The van der Waals surface area contributed by atoms with Gasteiger partial charge in [0, 0.05) is 5.56 Å². The molecule has 2 rings (SSSR count). The van der Waals surface area contributed by atoms with Crippen molar-refractivity contribution in [1.82, 2.24) is 5.43 Å². The van der Waals surface area contributed by atoms with Crippen molar-refractivity contribution in [3.8, 4) is 11.5 Å². The lowest BCUT2D eigenvalue weighted by Gasteiger charge is -2.13. The molecule has 0 saturated heterocycles. The van der Waals surface area contributed by atoms with Crippen LogP contribution in [-0.4, -0.2) is 25.3 Å². The van der Waals surface area contributed by atoms with E-state index in [1.807, 2.05) is 6.92 Å². The molecule has 0 aliphatic carbocycles. The molecule has 5 nitrogen and oxygen atoms in total. The van der Waals surface area contributed by atoms with Crippen LogP contribution in [0, 0.1) is 3.57 Å². The normalized spacial score (nSPS) is 11.3. The van der Waals surface area contributed by atoms with Gasteiger partial charge in [-0.15, -0.1) is 0 Å². The molecule has 0 spiro atoms. The number of carbonyl (C=O) groups excluding carboxylic acids is 1. The van der Waals surface area contributed by atoms with E-state index >= 15 is 0 Å². The van der Waals surface area contributed by atoms with E-state index in [1.165, 1.54) is 18.3 Å². The second kappa shape index (κ2) is 10.3. The third-order valence-corrected chi connectivity index (χ3v) is 4.31. The smallest absolute Gasteiger partial charge is 0.416 e. The second-order valence-electron chi connectivity index (χ2n) is 5.64. The highest BCUT2D eigenvalue weighted by Gasteiger charge is 2.30. The van der Waals surface area contributed by atoms with E-state index in [4.69, 9.17) is 9.47 Å². The Balaban J connectivity index is 2.15. The molecule has 0 fully saturated rings. The van der Waals surface area contributed by atoms with E-state index in [-0.39, 0.29) is 5.56 Å². The molecule has 0 atom stereocenters. The van der Waals surface area contributed by atoms with Crippen LogP contribution >= 0.6 is 22.6 Å². The zero-order chi connectivity index (χ0) is 21.4. The first kappa shape index (κ1) is 22.7. The Morgan fingerprint density at radius 3 is 2.69 bits per heavy atom. The molecule has 0 aliphatic rings. The minimum atomic E-state index is -4.53. The Kier molecular flexibility index (Phi) is 8.06. The fourth-order valence-electron chi connectivity index (χ4n) is 2.27. The van der Waals surface area contributed by atoms with Gasteiger partial charge >= 0.3 is 6.18 Å². The van der Waals surface area contributed by atoms with Crippen molar-refractivity contribution in [3.63, 3.8) is 0 Å². The van der Waals surface area contributed by atoms with Crippen molar-refractivity contribution < 1.29 is 27.4 Å². The van der Waals surface area contributed by atoms with Crippen molar-refractivity contribution in [2.45, 2.75) is 13.1 Å². The van der Waals surface area contributed by atoms with E-state index in [1.54, 1.807) is 18.2 Å². The fraction of sp³-hybridized carbons (Fsp3) is 0.200. The molecule has 2 aromatic carbocycles. The van der Waals surface area contributed by atoms with Crippen LogP contribution in [0.2, 0.25) is 0 Å². The molecule has 0 radical (unpaired) electrons. The van der Waals surface area contributed by atoms with Gasteiger partial charge < -0.3 is 9.47 Å². The number of nitrogens with zero attached hydrogens (tertiary/aromatic N) is 1. The molecule has 154 valence electrons. The summed E-state index contributed by atoms with van der Waals surface area (Å²) in [6.45, 7) is 6.18. The monoisotopic (exact) mass is 518 g/mol. The van der Waals surface area contributed by atoms with Gasteiger partial charge in [-0.2, -0.15) is 18.3 Å². The van der Waals surface area contributed by atoms with Crippen LogP contribution in [0.1, 0.15) is 28.4 Å². The fourth-order valence-corrected chi connectivity index (χ4v) is 3.06. The van der Waals surface area contributed by atoms with Crippen LogP contribution in [0.25, 0.3) is 0 Å². The highest BCUT2D eigenvalue weighted by atomic mass is 127. The largest absolute Gasteiger partial charge is 0.490 e. The average Bonchev–Trinajstić information content (AvgIpc) is 2.67. The van der Waals surface area contributed by atoms with E-state index in [0.29, 0.717) is 30.3 Å². The van der Waals surface area contributed by atoms with Crippen molar-refractivity contribution in [2.75, 3.05) is 13.2 Å². The molecule has 9 heteroatoms. The summed E-state index contributed by atoms with van der Waals surface area (Å²) in [4.78, 5) is 12.1. The molecule has 0 unspecified atom stereocenters. The Morgan fingerprint density at radius 2 is 2.03 bits per heavy atom. The first-order chi connectivity index (χ1) is 13.8. The third-order valence-electron chi connectivity index (χ3n) is 3.51. The zero-order valence-corrected chi connectivity index (χ0v) is 17.6. The number of ether oxygens (including phenoxy) is 2. The molecular weight excluding hydrogens is 500 g/mol. The van der Waals surface area contributed by atoms with E-state index in [2.05, 4.69) is 39.7 Å². The molecule has 1 amide bonds. The summed E-state index contributed by atoms with van der Waals surface area (Å²) in [5, 5.41) is 3.82. The van der Waals surface area contributed by atoms with Gasteiger partial charge in [0.1, 0.15) is 6.61 Å². The number of benzene rings is 2. The summed E-state index contributed by atoms with van der Waals surface area (Å²) in [6, 6.07) is 7.56. The molecule has 2 aromatic rings. The summed E-state index contributed by atoms with van der Waals surface area (Å²) >= 11 is 2.08. The summed E-state index contributed by atoms with van der Waals surface area (Å²) in [5.41, 5.74) is 1.79. The van der Waals surface area contributed by atoms with Gasteiger partial charge in [0.2, 0.25) is 0 Å². The van der Waals surface area contributed by atoms with Crippen molar-refractivity contribution in [1.29, 1.82) is 0 Å². The van der Waals surface area contributed by atoms with Crippen LogP contribution < -0.4 is 14.9 Å². The Labute approximate surface area is 179 Å². The standard InChI is InChI=1S/C20H18F3IN2O3/c1-3-8-29-18-16(24)9-13(10-17(18)28-4-2)12-25-26-19(27)14-6-5-7-15(11-14)20(21,22)23/h3,5-7,9-12H,1,4,8H2,2H3,(H,26,27)/b25-12-. The first-order valence-corrected chi connectivity index (χ1v) is 9.54. The summed E-state index contributed by atoms with van der Waals surface area (Å²) in [5.74, 6) is 0.322. The quantitative estimate of drug-likeness (QED) is 0.231. The van der Waals surface area contributed by atoms with Crippen LogP contribution in [0.4, 0.5) is 13.2 Å². The van der Waals surface area contributed by atoms with Gasteiger partial charge in [0.15, 0.2) is 11.5 Å².